The third-order valence-electron chi connectivity index (χ3n) is 4.87. The molecule has 0 saturated carbocycles. The van der Waals surface area contributed by atoms with E-state index in [1.165, 1.54) is 11.3 Å². The lowest BCUT2D eigenvalue weighted by Gasteiger charge is -2.38. The van der Waals surface area contributed by atoms with Crippen molar-refractivity contribution in [2.45, 2.75) is 46.3 Å². The average molecular weight is 464 g/mol. The molecule has 0 aromatic carbocycles. The molecule has 1 aromatic rings. The number of guanidine groups is 1. The van der Waals surface area contributed by atoms with Crippen LogP contribution >= 0.6 is 24.0 Å². The fourth-order valence-electron chi connectivity index (χ4n) is 3.22. The molecule has 2 heterocycles. The van der Waals surface area contributed by atoms with E-state index >= 15 is 0 Å². The van der Waals surface area contributed by atoms with Crippen LogP contribution in [0.15, 0.2) is 4.99 Å². The predicted molar refractivity (Wildman–Crippen MR) is 113 cm³/mol. The number of nitrogens with one attached hydrogen (secondary N) is 2. The van der Waals surface area contributed by atoms with Gasteiger partial charge in [0.25, 0.3) is 0 Å². The first-order valence-electron chi connectivity index (χ1n) is 8.71. The maximum Gasteiger partial charge on any atom is 0.191 e. The number of rotatable bonds is 5. The molecular formula is C17H33IN6O. The SMILES string of the molecule is CN=C(NCc1c(C)nn(C)c1C)NCC(C)N1CCOCC1C.I. The number of morpholine rings is 1. The highest BCUT2D eigenvalue weighted by molar-refractivity contribution is 14.0. The van der Waals surface area contributed by atoms with Crippen molar-refractivity contribution in [3.63, 3.8) is 0 Å². The second-order valence-electron chi connectivity index (χ2n) is 6.59. The van der Waals surface area contributed by atoms with Gasteiger partial charge in [-0.2, -0.15) is 5.10 Å². The van der Waals surface area contributed by atoms with E-state index in [0.29, 0.717) is 12.1 Å². The summed E-state index contributed by atoms with van der Waals surface area (Å²) in [7, 11) is 3.78. The minimum atomic E-state index is 0. The highest BCUT2D eigenvalue weighted by atomic mass is 127. The zero-order chi connectivity index (χ0) is 17.7. The Morgan fingerprint density at radius 1 is 1.40 bits per heavy atom. The van der Waals surface area contributed by atoms with Crippen molar-refractivity contribution in [1.29, 1.82) is 0 Å². The van der Waals surface area contributed by atoms with Gasteiger partial charge in [-0.05, 0) is 27.7 Å². The Bertz CT molecular complexity index is 574. The Morgan fingerprint density at radius 2 is 2.12 bits per heavy atom. The maximum atomic E-state index is 5.51. The van der Waals surface area contributed by atoms with Crippen LogP contribution in [-0.2, 0) is 18.3 Å². The van der Waals surface area contributed by atoms with Crippen molar-refractivity contribution in [2.24, 2.45) is 12.0 Å². The van der Waals surface area contributed by atoms with Gasteiger partial charge in [0.05, 0.1) is 18.9 Å². The molecule has 0 radical (unpaired) electrons. The van der Waals surface area contributed by atoms with E-state index in [4.69, 9.17) is 4.74 Å². The third-order valence-corrected chi connectivity index (χ3v) is 4.87. The Labute approximate surface area is 168 Å². The van der Waals surface area contributed by atoms with Gasteiger partial charge in [0.2, 0.25) is 0 Å². The van der Waals surface area contributed by atoms with E-state index < -0.39 is 0 Å². The van der Waals surface area contributed by atoms with Crippen LogP contribution in [0.4, 0.5) is 0 Å². The summed E-state index contributed by atoms with van der Waals surface area (Å²) < 4.78 is 7.44. The highest BCUT2D eigenvalue weighted by Crippen LogP contribution is 2.11. The van der Waals surface area contributed by atoms with Crippen LogP contribution in [0.2, 0.25) is 0 Å². The van der Waals surface area contributed by atoms with Gasteiger partial charge in [0.15, 0.2) is 5.96 Å². The summed E-state index contributed by atoms with van der Waals surface area (Å²) in [6, 6.07) is 0.899. The largest absolute Gasteiger partial charge is 0.379 e. The fourth-order valence-corrected chi connectivity index (χ4v) is 3.22. The summed E-state index contributed by atoms with van der Waals surface area (Å²) in [6.45, 7) is 12.8. The van der Waals surface area contributed by atoms with E-state index in [1.54, 1.807) is 7.05 Å². The third kappa shape index (κ3) is 5.82. The van der Waals surface area contributed by atoms with Crippen LogP contribution in [0, 0.1) is 13.8 Å². The summed E-state index contributed by atoms with van der Waals surface area (Å²) in [5, 5.41) is 11.3. The topological polar surface area (TPSA) is 66.7 Å². The van der Waals surface area contributed by atoms with Gasteiger partial charge in [-0.15, -0.1) is 24.0 Å². The number of hydrogen-bond acceptors (Lipinski definition) is 4. The molecule has 0 aliphatic carbocycles. The second kappa shape index (κ2) is 10.3. The molecule has 8 heteroatoms. The highest BCUT2D eigenvalue weighted by Gasteiger charge is 2.23. The van der Waals surface area contributed by atoms with Gasteiger partial charge in [-0.3, -0.25) is 14.6 Å². The minimum absolute atomic E-state index is 0. The molecule has 7 nitrogen and oxygen atoms in total. The molecule has 2 rings (SSSR count). The molecular weight excluding hydrogens is 431 g/mol. The van der Waals surface area contributed by atoms with Crippen LogP contribution < -0.4 is 10.6 Å². The molecule has 2 atom stereocenters. The molecule has 0 bridgehead atoms. The van der Waals surface area contributed by atoms with Crippen LogP contribution in [0.5, 0.6) is 0 Å². The molecule has 1 aliphatic rings. The summed E-state index contributed by atoms with van der Waals surface area (Å²) in [5.41, 5.74) is 3.48. The molecule has 144 valence electrons. The zero-order valence-corrected chi connectivity index (χ0v) is 18.6. The standard InChI is InChI=1S/C17H32N6O.HI/c1-12(23-7-8-24-11-13(23)2)9-19-17(18-5)20-10-16-14(3)21-22(6)15(16)4;/h12-13H,7-11H2,1-6H3,(H2,18,19,20);1H. The maximum absolute atomic E-state index is 5.51. The van der Waals surface area contributed by atoms with E-state index in [9.17, 15) is 0 Å². The number of aryl methyl sites for hydroxylation is 2. The molecule has 1 aromatic heterocycles. The van der Waals surface area contributed by atoms with Gasteiger partial charge in [0, 0.05) is 57.1 Å². The molecule has 0 spiro atoms. The fraction of sp³-hybridized carbons (Fsp3) is 0.765. The lowest BCUT2D eigenvalue weighted by molar-refractivity contribution is -0.0174. The van der Waals surface area contributed by atoms with E-state index in [-0.39, 0.29) is 24.0 Å². The summed E-state index contributed by atoms with van der Waals surface area (Å²) in [6.07, 6.45) is 0. The van der Waals surface area contributed by atoms with Crippen molar-refractivity contribution in [3.8, 4) is 0 Å². The number of hydrogen-bond donors (Lipinski definition) is 2. The van der Waals surface area contributed by atoms with Crippen LogP contribution in [0.1, 0.15) is 30.8 Å². The monoisotopic (exact) mass is 464 g/mol. The first-order valence-corrected chi connectivity index (χ1v) is 8.71. The molecule has 25 heavy (non-hydrogen) atoms. The normalized spacial score (nSPS) is 20.1. The Kier molecular flexibility index (Phi) is 9.15. The van der Waals surface area contributed by atoms with Crippen LogP contribution in [0.3, 0.4) is 0 Å². The van der Waals surface area contributed by atoms with Gasteiger partial charge in [-0.25, -0.2) is 0 Å². The molecule has 1 aliphatic heterocycles. The van der Waals surface area contributed by atoms with Gasteiger partial charge in [0.1, 0.15) is 0 Å². The average Bonchev–Trinajstić information content (AvgIpc) is 2.80. The number of nitrogens with zero attached hydrogens (tertiary/aromatic N) is 4. The first kappa shape index (κ1) is 22.2. The number of aromatic nitrogens is 2. The molecule has 1 saturated heterocycles. The summed E-state index contributed by atoms with van der Waals surface area (Å²) in [4.78, 5) is 6.81. The van der Waals surface area contributed by atoms with Crippen LogP contribution in [-0.4, -0.2) is 66.1 Å². The predicted octanol–water partition coefficient (Wildman–Crippen LogP) is 1.43. The van der Waals surface area contributed by atoms with Gasteiger partial charge >= 0.3 is 0 Å². The minimum Gasteiger partial charge on any atom is -0.379 e. The quantitative estimate of drug-likeness (QED) is 0.392. The molecule has 0 amide bonds. The summed E-state index contributed by atoms with van der Waals surface area (Å²) >= 11 is 0. The zero-order valence-electron chi connectivity index (χ0n) is 16.3. The Morgan fingerprint density at radius 3 is 2.68 bits per heavy atom. The van der Waals surface area contributed by atoms with E-state index in [0.717, 1.165) is 44.5 Å². The molecule has 2 unspecified atom stereocenters. The smallest absolute Gasteiger partial charge is 0.191 e. The summed E-state index contributed by atoms with van der Waals surface area (Å²) in [5.74, 6) is 0.824. The first-order chi connectivity index (χ1) is 11.4. The Balaban J connectivity index is 0.00000312. The number of aliphatic imine (C=N–C) groups is 1. The van der Waals surface area contributed by atoms with E-state index in [1.807, 2.05) is 18.7 Å². The Hall–Kier alpha value is -0.870. The van der Waals surface area contributed by atoms with Crippen molar-refractivity contribution >= 4 is 29.9 Å². The lowest BCUT2D eigenvalue weighted by atomic mass is 10.2. The van der Waals surface area contributed by atoms with Gasteiger partial charge < -0.3 is 15.4 Å². The van der Waals surface area contributed by atoms with Crippen LogP contribution in [0.25, 0.3) is 0 Å². The second-order valence-corrected chi connectivity index (χ2v) is 6.59. The lowest BCUT2D eigenvalue weighted by Crippen LogP contribution is -2.53. The number of ether oxygens (including phenoxy) is 1. The van der Waals surface area contributed by atoms with Crippen molar-refractivity contribution in [1.82, 2.24) is 25.3 Å². The van der Waals surface area contributed by atoms with Gasteiger partial charge in [-0.1, -0.05) is 0 Å². The van der Waals surface area contributed by atoms with E-state index in [2.05, 4.69) is 46.4 Å². The van der Waals surface area contributed by atoms with Crippen molar-refractivity contribution < 1.29 is 4.74 Å². The molecule has 2 N–H and O–H groups in total. The van der Waals surface area contributed by atoms with Crippen molar-refractivity contribution in [2.75, 3.05) is 33.4 Å². The number of halogens is 1. The van der Waals surface area contributed by atoms with Crippen molar-refractivity contribution in [3.05, 3.63) is 17.0 Å². The molecule has 1 fully saturated rings.